The molecular formula is C14H22N2O3S2. The summed E-state index contributed by atoms with van der Waals surface area (Å²) in [5.74, 6) is 0. The third kappa shape index (κ3) is 4.79. The van der Waals surface area contributed by atoms with Crippen LogP contribution in [0.4, 0.5) is 5.69 Å². The van der Waals surface area contributed by atoms with Gasteiger partial charge in [0.15, 0.2) is 0 Å². The van der Waals surface area contributed by atoms with Crippen LogP contribution in [0.1, 0.15) is 26.2 Å². The third-order valence-corrected chi connectivity index (χ3v) is 6.46. The molecule has 0 aromatic heterocycles. The summed E-state index contributed by atoms with van der Waals surface area (Å²) in [6.45, 7) is 2.52. The molecule has 1 aromatic carbocycles. The second kappa shape index (κ2) is 6.89. The minimum absolute atomic E-state index is 0.0885. The molecule has 1 aromatic rings. The molecule has 2 unspecified atom stereocenters. The highest BCUT2D eigenvalue weighted by Gasteiger charge is 2.29. The minimum atomic E-state index is -3.47. The van der Waals surface area contributed by atoms with Crippen molar-refractivity contribution < 1.29 is 12.6 Å². The highest BCUT2D eigenvalue weighted by Crippen LogP contribution is 2.25. The summed E-state index contributed by atoms with van der Waals surface area (Å²) < 4.78 is 38.6. The van der Waals surface area contributed by atoms with E-state index in [0.717, 1.165) is 19.3 Å². The average molecular weight is 330 g/mol. The Balaban J connectivity index is 2.04. The first-order valence-corrected chi connectivity index (χ1v) is 10.2. The van der Waals surface area contributed by atoms with Crippen LogP contribution in [0.15, 0.2) is 29.2 Å². The Morgan fingerprint density at radius 1 is 1.33 bits per heavy atom. The summed E-state index contributed by atoms with van der Waals surface area (Å²) in [6, 6.07) is 6.98. The van der Waals surface area contributed by atoms with Gasteiger partial charge in [-0.2, -0.15) is 0 Å². The zero-order valence-electron chi connectivity index (χ0n) is 12.3. The van der Waals surface area contributed by atoms with Crippen molar-refractivity contribution >= 4 is 26.5 Å². The Labute approximate surface area is 129 Å². The lowest BCUT2D eigenvalue weighted by Gasteiger charge is -2.14. The highest BCUT2D eigenvalue weighted by molar-refractivity contribution is 7.89. The number of benzene rings is 1. The first-order chi connectivity index (χ1) is 9.90. The van der Waals surface area contributed by atoms with E-state index in [9.17, 15) is 12.6 Å². The standard InChI is InChI=1S/C14H22N2O3S2/c1-11(20(2)17)9-10-15-13-5-3-4-6-14(13)21(18,19)16-12-7-8-12/h3-6,11-12,15-16H,7-10H2,1-2H3. The van der Waals surface area contributed by atoms with E-state index in [1.165, 1.54) is 0 Å². The summed E-state index contributed by atoms with van der Waals surface area (Å²) >= 11 is 0. The van der Waals surface area contributed by atoms with Gasteiger partial charge in [-0.1, -0.05) is 19.1 Å². The van der Waals surface area contributed by atoms with Crippen LogP contribution < -0.4 is 10.0 Å². The van der Waals surface area contributed by atoms with Crippen molar-refractivity contribution in [1.82, 2.24) is 4.72 Å². The topological polar surface area (TPSA) is 75.3 Å². The van der Waals surface area contributed by atoms with Gasteiger partial charge < -0.3 is 5.32 Å². The fraction of sp³-hybridized carbons (Fsp3) is 0.571. The predicted molar refractivity (Wildman–Crippen MR) is 86.4 cm³/mol. The van der Waals surface area contributed by atoms with Crippen molar-refractivity contribution in [3.63, 3.8) is 0 Å². The fourth-order valence-corrected chi connectivity index (χ4v) is 3.85. The Hall–Kier alpha value is -0.920. The van der Waals surface area contributed by atoms with Crippen molar-refractivity contribution in [1.29, 1.82) is 0 Å². The second-order valence-corrected chi connectivity index (χ2v) is 8.90. The Kier molecular flexibility index (Phi) is 5.40. The van der Waals surface area contributed by atoms with E-state index in [-0.39, 0.29) is 16.2 Å². The largest absolute Gasteiger partial charge is 0.384 e. The maximum atomic E-state index is 12.3. The number of rotatable bonds is 8. The Bertz CT molecular complexity index is 612. The van der Waals surface area contributed by atoms with Gasteiger partial charge in [-0.25, -0.2) is 13.1 Å². The van der Waals surface area contributed by atoms with Crippen molar-refractivity contribution in [2.75, 3.05) is 18.1 Å². The molecule has 1 aliphatic rings. The van der Waals surface area contributed by atoms with Crippen LogP contribution in [0.2, 0.25) is 0 Å². The van der Waals surface area contributed by atoms with Crippen LogP contribution in [0.3, 0.4) is 0 Å². The zero-order chi connectivity index (χ0) is 15.5. The minimum Gasteiger partial charge on any atom is -0.384 e. The van der Waals surface area contributed by atoms with Gasteiger partial charge in [0.05, 0.1) is 5.69 Å². The lowest BCUT2D eigenvalue weighted by molar-refractivity contribution is 0.581. The lowest BCUT2D eigenvalue weighted by atomic mass is 10.3. The smallest absolute Gasteiger partial charge is 0.242 e. The van der Waals surface area contributed by atoms with E-state index in [1.54, 1.807) is 30.5 Å². The molecule has 0 amide bonds. The number of hydrogen-bond acceptors (Lipinski definition) is 4. The second-order valence-electron chi connectivity index (χ2n) is 5.42. The van der Waals surface area contributed by atoms with Crippen molar-refractivity contribution in [3.8, 4) is 0 Å². The number of hydrogen-bond donors (Lipinski definition) is 2. The van der Waals surface area contributed by atoms with Crippen LogP contribution in [0.5, 0.6) is 0 Å². The Morgan fingerprint density at radius 3 is 2.62 bits per heavy atom. The van der Waals surface area contributed by atoms with Crippen LogP contribution in [-0.2, 0) is 20.8 Å². The number of sulfonamides is 1. The van der Waals surface area contributed by atoms with Gasteiger partial charge in [-0.3, -0.25) is 4.21 Å². The van der Waals surface area contributed by atoms with Crippen molar-refractivity contribution in [3.05, 3.63) is 24.3 Å². The lowest BCUT2D eigenvalue weighted by Crippen LogP contribution is -2.26. The molecule has 21 heavy (non-hydrogen) atoms. The van der Waals surface area contributed by atoms with Gasteiger partial charge in [0, 0.05) is 34.9 Å². The molecular weight excluding hydrogens is 308 g/mol. The molecule has 1 saturated carbocycles. The van der Waals surface area contributed by atoms with Gasteiger partial charge in [-0.05, 0) is 31.4 Å². The first kappa shape index (κ1) is 16.5. The van der Waals surface area contributed by atoms with Crippen molar-refractivity contribution in [2.24, 2.45) is 0 Å². The Morgan fingerprint density at radius 2 is 2.00 bits per heavy atom. The number of para-hydroxylation sites is 1. The molecule has 2 atom stereocenters. The molecule has 0 radical (unpaired) electrons. The van der Waals surface area contributed by atoms with E-state index in [0.29, 0.717) is 12.2 Å². The molecule has 0 aliphatic heterocycles. The number of anilines is 1. The normalized spacial score (nSPS) is 18.2. The van der Waals surface area contributed by atoms with Gasteiger partial charge in [0.25, 0.3) is 0 Å². The maximum Gasteiger partial charge on any atom is 0.242 e. The summed E-state index contributed by atoms with van der Waals surface area (Å²) in [6.07, 6.45) is 4.24. The first-order valence-electron chi connectivity index (χ1n) is 7.07. The van der Waals surface area contributed by atoms with Gasteiger partial charge in [0.1, 0.15) is 4.90 Å². The van der Waals surface area contributed by atoms with E-state index < -0.39 is 20.8 Å². The van der Waals surface area contributed by atoms with Crippen LogP contribution in [0.25, 0.3) is 0 Å². The molecule has 0 heterocycles. The predicted octanol–water partition coefficient (Wildman–Crippen LogP) is 1.70. The summed E-state index contributed by atoms with van der Waals surface area (Å²) in [5.41, 5.74) is 0.597. The van der Waals surface area contributed by atoms with E-state index in [4.69, 9.17) is 0 Å². The van der Waals surface area contributed by atoms with Gasteiger partial charge in [0.2, 0.25) is 10.0 Å². The summed E-state index contributed by atoms with van der Waals surface area (Å²) in [4.78, 5) is 0.280. The molecule has 2 N–H and O–H groups in total. The fourth-order valence-electron chi connectivity index (χ4n) is 1.91. The van der Waals surface area contributed by atoms with E-state index >= 15 is 0 Å². The van der Waals surface area contributed by atoms with Crippen LogP contribution in [0, 0.1) is 0 Å². The van der Waals surface area contributed by atoms with Crippen LogP contribution in [-0.4, -0.2) is 36.7 Å². The molecule has 1 fully saturated rings. The molecule has 0 saturated heterocycles. The molecule has 1 aliphatic carbocycles. The van der Waals surface area contributed by atoms with Crippen LogP contribution >= 0.6 is 0 Å². The average Bonchev–Trinajstić information content (AvgIpc) is 3.22. The highest BCUT2D eigenvalue weighted by atomic mass is 32.2. The van der Waals surface area contributed by atoms with E-state index in [2.05, 4.69) is 10.0 Å². The summed E-state index contributed by atoms with van der Waals surface area (Å²) in [7, 11) is -4.33. The zero-order valence-corrected chi connectivity index (χ0v) is 14.0. The molecule has 2 rings (SSSR count). The monoisotopic (exact) mass is 330 g/mol. The maximum absolute atomic E-state index is 12.3. The molecule has 7 heteroatoms. The molecule has 118 valence electrons. The van der Waals surface area contributed by atoms with Gasteiger partial charge >= 0.3 is 0 Å². The van der Waals surface area contributed by atoms with Gasteiger partial charge in [-0.15, -0.1) is 0 Å². The molecule has 5 nitrogen and oxygen atoms in total. The molecule has 0 bridgehead atoms. The van der Waals surface area contributed by atoms with Crippen molar-refractivity contribution in [2.45, 2.75) is 42.4 Å². The number of nitrogens with one attached hydrogen (secondary N) is 2. The summed E-state index contributed by atoms with van der Waals surface area (Å²) in [5, 5.41) is 3.23. The van der Waals surface area contributed by atoms with E-state index in [1.807, 2.05) is 6.92 Å². The molecule has 0 spiro atoms. The quantitative estimate of drug-likeness (QED) is 0.761. The third-order valence-electron chi connectivity index (χ3n) is 3.51. The SMILES string of the molecule is CC(CCNc1ccccc1S(=O)(=O)NC1CC1)S(C)=O.